The smallest absolute Gasteiger partial charge is 0.337 e. The van der Waals surface area contributed by atoms with Crippen molar-refractivity contribution in [2.75, 3.05) is 7.11 Å². The van der Waals surface area contributed by atoms with E-state index in [9.17, 15) is 4.79 Å². The van der Waals surface area contributed by atoms with Crippen LogP contribution in [0.25, 0.3) is 10.9 Å². The largest absolute Gasteiger partial charge is 0.465 e. The van der Waals surface area contributed by atoms with Gasteiger partial charge in [-0.2, -0.15) is 0 Å². The number of halogens is 1. The predicted molar refractivity (Wildman–Crippen MR) is 120 cm³/mol. The molecule has 0 aliphatic rings. The van der Waals surface area contributed by atoms with Gasteiger partial charge in [-0.15, -0.1) is 0 Å². The van der Waals surface area contributed by atoms with Gasteiger partial charge in [0.2, 0.25) is 0 Å². The molecule has 0 saturated heterocycles. The van der Waals surface area contributed by atoms with Gasteiger partial charge in [-0.25, -0.2) is 4.79 Å². The molecule has 4 rings (SSSR count). The molecule has 5 heteroatoms. The lowest BCUT2D eigenvalue weighted by atomic mass is 10.1. The molecule has 1 aromatic heterocycles. The molecule has 29 heavy (non-hydrogen) atoms. The zero-order valence-electron chi connectivity index (χ0n) is 15.9. The van der Waals surface area contributed by atoms with Gasteiger partial charge >= 0.3 is 5.97 Å². The van der Waals surface area contributed by atoms with Gasteiger partial charge in [-0.1, -0.05) is 42.5 Å². The fraction of sp³-hybridized carbons (Fsp3) is 0.0833. The highest BCUT2D eigenvalue weighted by atomic mass is 79.9. The lowest BCUT2D eigenvalue weighted by molar-refractivity contribution is 0.0600. The zero-order chi connectivity index (χ0) is 20.2. The highest BCUT2D eigenvalue weighted by molar-refractivity contribution is 9.10. The van der Waals surface area contributed by atoms with Crippen molar-refractivity contribution < 1.29 is 9.53 Å². The van der Waals surface area contributed by atoms with Crippen LogP contribution in [0.4, 0.5) is 5.69 Å². The summed E-state index contributed by atoms with van der Waals surface area (Å²) in [6.45, 7) is 0.647. The van der Waals surface area contributed by atoms with Crippen LogP contribution in [0.2, 0.25) is 0 Å². The average Bonchev–Trinajstić information content (AvgIpc) is 3.10. The molecule has 144 valence electrons. The topological polar surface area (TPSA) is 43.6 Å². The van der Waals surface area contributed by atoms with Crippen molar-refractivity contribution in [3.05, 3.63) is 100 Å². The maximum Gasteiger partial charge on any atom is 0.337 e. The number of carbonyl (C=O) groups excluding carboxylic acids is 1. The first-order valence-electron chi connectivity index (χ1n) is 9.19. The first-order valence-corrected chi connectivity index (χ1v) is 9.99. The Labute approximate surface area is 177 Å². The van der Waals surface area contributed by atoms with Crippen LogP contribution in [0, 0.1) is 0 Å². The van der Waals surface area contributed by atoms with E-state index in [0.717, 1.165) is 32.2 Å². The third kappa shape index (κ3) is 4.15. The number of ether oxygens (including phenoxy) is 1. The fourth-order valence-electron chi connectivity index (χ4n) is 3.32. The number of fused-ring (bicyclic) bond motifs is 1. The van der Waals surface area contributed by atoms with Crippen molar-refractivity contribution >= 4 is 44.7 Å². The summed E-state index contributed by atoms with van der Waals surface area (Å²) in [6.07, 6.45) is 3.99. The Balaban J connectivity index is 1.70. The standard InChI is InChI=1S/C24H19BrN2O2/c1-29-24(28)18-8-6-7-17(13-18)15-27-16-19(20-9-2-5-12-23(20)27)14-26-22-11-4-3-10-21(22)25/h2-14,16H,15H2,1H3. The van der Waals surface area contributed by atoms with Crippen molar-refractivity contribution in [3.8, 4) is 0 Å². The number of hydrogen-bond acceptors (Lipinski definition) is 3. The molecule has 0 atom stereocenters. The lowest BCUT2D eigenvalue weighted by Gasteiger charge is -2.07. The molecule has 1 heterocycles. The second-order valence-electron chi connectivity index (χ2n) is 6.63. The second-order valence-corrected chi connectivity index (χ2v) is 7.49. The van der Waals surface area contributed by atoms with E-state index in [1.54, 1.807) is 6.07 Å². The summed E-state index contributed by atoms with van der Waals surface area (Å²) in [5, 5.41) is 1.13. The molecule has 4 nitrogen and oxygen atoms in total. The number of carbonyl (C=O) groups is 1. The van der Waals surface area contributed by atoms with Gasteiger partial charge in [-0.3, -0.25) is 4.99 Å². The maximum atomic E-state index is 11.8. The third-order valence-electron chi connectivity index (χ3n) is 4.72. The van der Waals surface area contributed by atoms with E-state index in [1.165, 1.54) is 7.11 Å². The third-order valence-corrected chi connectivity index (χ3v) is 5.39. The molecule has 0 N–H and O–H groups in total. The molecule has 0 aliphatic carbocycles. The summed E-state index contributed by atoms with van der Waals surface area (Å²) in [7, 11) is 1.39. The van der Waals surface area contributed by atoms with Crippen molar-refractivity contribution in [2.24, 2.45) is 4.99 Å². The van der Waals surface area contributed by atoms with E-state index in [2.05, 4.69) is 43.8 Å². The van der Waals surface area contributed by atoms with Gasteiger partial charge in [0.25, 0.3) is 0 Å². The van der Waals surface area contributed by atoms with Crippen LogP contribution in [0.1, 0.15) is 21.5 Å². The predicted octanol–water partition coefficient (Wildman–Crippen LogP) is 5.99. The van der Waals surface area contributed by atoms with E-state index in [4.69, 9.17) is 4.74 Å². The molecule has 3 aromatic carbocycles. The molecule has 0 aliphatic heterocycles. The summed E-state index contributed by atoms with van der Waals surface area (Å²) in [6, 6.07) is 23.6. The van der Waals surface area contributed by atoms with Crippen LogP contribution in [0.3, 0.4) is 0 Å². The van der Waals surface area contributed by atoms with Crippen molar-refractivity contribution in [1.29, 1.82) is 0 Å². The van der Waals surface area contributed by atoms with Gasteiger partial charge in [0.15, 0.2) is 0 Å². The number of aliphatic imine (C=N–C) groups is 1. The number of rotatable bonds is 5. The second kappa shape index (κ2) is 8.45. The summed E-state index contributed by atoms with van der Waals surface area (Å²) >= 11 is 3.54. The Morgan fingerprint density at radius 3 is 2.69 bits per heavy atom. The first kappa shape index (κ1) is 19.2. The van der Waals surface area contributed by atoms with E-state index < -0.39 is 0 Å². The number of hydrogen-bond donors (Lipinski definition) is 0. The first-order chi connectivity index (χ1) is 14.2. The van der Waals surface area contributed by atoms with E-state index in [-0.39, 0.29) is 5.97 Å². The minimum atomic E-state index is -0.328. The van der Waals surface area contributed by atoms with Crippen LogP contribution >= 0.6 is 15.9 Å². The SMILES string of the molecule is COC(=O)c1cccc(Cn2cc(C=Nc3ccccc3Br)c3ccccc32)c1. The highest BCUT2D eigenvalue weighted by Crippen LogP contribution is 2.26. The number of aromatic nitrogens is 1. The monoisotopic (exact) mass is 446 g/mol. The molecular weight excluding hydrogens is 428 g/mol. The molecule has 0 unspecified atom stereocenters. The van der Waals surface area contributed by atoms with Crippen LogP contribution in [-0.2, 0) is 11.3 Å². The van der Waals surface area contributed by atoms with Gasteiger partial charge in [0.05, 0.1) is 18.4 Å². The molecule has 0 amide bonds. The summed E-state index contributed by atoms with van der Waals surface area (Å²) in [4.78, 5) is 16.5. The summed E-state index contributed by atoms with van der Waals surface area (Å²) in [5.41, 5.74) is 4.63. The molecule has 0 saturated carbocycles. The highest BCUT2D eigenvalue weighted by Gasteiger charge is 2.10. The van der Waals surface area contributed by atoms with Crippen LogP contribution in [0.5, 0.6) is 0 Å². The van der Waals surface area contributed by atoms with E-state index in [0.29, 0.717) is 12.1 Å². The van der Waals surface area contributed by atoms with E-state index >= 15 is 0 Å². The molecule has 0 spiro atoms. The molecule has 0 fully saturated rings. The lowest BCUT2D eigenvalue weighted by Crippen LogP contribution is -2.03. The van der Waals surface area contributed by atoms with Gasteiger partial charge in [0, 0.05) is 39.9 Å². The van der Waals surface area contributed by atoms with Crippen LogP contribution in [0.15, 0.2) is 88.5 Å². The van der Waals surface area contributed by atoms with Crippen molar-refractivity contribution in [2.45, 2.75) is 6.54 Å². The number of benzene rings is 3. The van der Waals surface area contributed by atoms with Gasteiger partial charge < -0.3 is 9.30 Å². The number of esters is 1. The van der Waals surface area contributed by atoms with E-state index in [1.807, 2.05) is 60.8 Å². The molecular formula is C24H19BrN2O2. The quantitative estimate of drug-likeness (QED) is 0.279. The minimum absolute atomic E-state index is 0.328. The molecule has 0 bridgehead atoms. The minimum Gasteiger partial charge on any atom is -0.465 e. The number of nitrogens with zero attached hydrogens (tertiary/aromatic N) is 2. The Morgan fingerprint density at radius 1 is 1.07 bits per heavy atom. The molecule has 4 aromatic rings. The fourth-order valence-corrected chi connectivity index (χ4v) is 3.70. The zero-order valence-corrected chi connectivity index (χ0v) is 17.5. The van der Waals surface area contributed by atoms with Gasteiger partial charge in [-0.05, 0) is 51.8 Å². The summed E-state index contributed by atoms with van der Waals surface area (Å²) in [5.74, 6) is -0.328. The maximum absolute atomic E-state index is 11.8. The average molecular weight is 447 g/mol. The van der Waals surface area contributed by atoms with Gasteiger partial charge in [0.1, 0.15) is 0 Å². The Hall–Kier alpha value is -3.18. The van der Waals surface area contributed by atoms with Crippen molar-refractivity contribution in [1.82, 2.24) is 4.57 Å². The Kier molecular flexibility index (Phi) is 5.58. The Morgan fingerprint density at radius 2 is 1.86 bits per heavy atom. The number of para-hydroxylation sites is 2. The van der Waals surface area contributed by atoms with Crippen LogP contribution in [-0.4, -0.2) is 23.9 Å². The summed E-state index contributed by atoms with van der Waals surface area (Å²) < 4.78 is 7.96. The molecule has 0 radical (unpaired) electrons. The normalized spacial score (nSPS) is 11.2. The number of methoxy groups -OCH3 is 1. The Bertz CT molecular complexity index is 1210. The van der Waals surface area contributed by atoms with Crippen LogP contribution < -0.4 is 0 Å². The van der Waals surface area contributed by atoms with Crippen molar-refractivity contribution in [3.63, 3.8) is 0 Å².